The summed E-state index contributed by atoms with van der Waals surface area (Å²) in [6.07, 6.45) is 43.2. The molecule has 0 saturated carbocycles. The molecule has 1 saturated heterocycles. The van der Waals surface area contributed by atoms with Crippen molar-refractivity contribution in [1.29, 1.82) is 0 Å². The average molecular weight is 629 g/mol. The third-order valence-corrected chi connectivity index (χ3v) is 8.60. The van der Waals surface area contributed by atoms with Crippen molar-refractivity contribution in [2.45, 2.75) is 206 Å². The first-order valence-electron chi connectivity index (χ1n) is 19.0. The van der Waals surface area contributed by atoms with Gasteiger partial charge in [0.2, 0.25) is 0 Å². The fourth-order valence-corrected chi connectivity index (χ4v) is 5.89. The number of cyclic esters (lactones) is 1. The van der Waals surface area contributed by atoms with Crippen LogP contribution >= 0.6 is 11.8 Å². The van der Waals surface area contributed by atoms with E-state index in [0.717, 1.165) is 18.6 Å². The van der Waals surface area contributed by atoms with Crippen molar-refractivity contribution in [3.05, 3.63) is 11.8 Å². The normalized spacial score (nSPS) is 14.9. The van der Waals surface area contributed by atoms with E-state index in [0.29, 0.717) is 0 Å². The molecule has 1 aliphatic rings. The molecule has 0 bridgehead atoms. The molecule has 0 aromatic heterocycles. The van der Waals surface area contributed by atoms with Crippen molar-refractivity contribution < 1.29 is 9.53 Å². The van der Waals surface area contributed by atoms with E-state index in [4.69, 9.17) is 16.5 Å². The quantitative estimate of drug-likeness (QED) is 0.0471. The smallest absolute Gasteiger partial charge is 0.321 e. The fraction of sp³-hybridized carbons (Fsp3) is 0.921. The first-order chi connectivity index (χ1) is 21.2. The zero-order chi connectivity index (χ0) is 32.1. The summed E-state index contributed by atoms with van der Waals surface area (Å²) in [5, 5.41) is 0. The topological polar surface area (TPSA) is 64.3 Å². The number of hydrogen-bond donors (Lipinski definition) is 2. The number of carbonyl (C=O) groups is 1. The molecule has 258 valence electrons. The zero-order valence-corrected chi connectivity index (χ0v) is 30.4. The zero-order valence-electron chi connectivity index (χ0n) is 29.6. The van der Waals surface area contributed by atoms with Crippen LogP contribution in [0.1, 0.15) is 206 Å². The maximum Gasteiger partial charge on any atom is 0.321 e. The Balaban J connectivity index is 0. The van der Waals surface area contributed by atoms with Crippen LogP contribution in [0.5, 0.6) is 0 Å². The predicted octanol–water partition coefficient (Wildman–Crippen LogP) is 12.7. The van der Waals surface area contributed by atoms with E-state index < -0.39 is 0 Å². The van der Waals surface area contributed by atoms with Gasteiger partial charge in [-0.3, -0.25) is 4.79 Å². The van der Waals surface area contributed by atoms with Crippen LogP contribution in [0, 0.1) is 5.92 Å². The molecule has 5 heteroatoms. The first kappa shape index (κ1) is 44.5. The molecule has 1 heterocycles. The molecule has 1 aliphatic heterocycles. The molecule has 1 unspecified atom stereocenters. The number of rotatable bonds is 30. The number of nitrogens with one attached hydrogen (secondary N) is 1. The van der Waals surface area contributed by atoms with Crippen molar-refractivity contribution in [3.8, 4) is 0 Å². The van der Waals surface area contributed by atoms with Crippen LogP contribution in [0.15, 0.2) is 11.8 Å². The molecule has 0 aliphatic carbocycles. The van der Waals surface area contributed by atoms with Crippen LogP contribution in [0.25, 0.3) is 0 Å². The minimum atomic E-state index is 0.0203. The molecule has 0 amide bonds. The fourth-order valence-electron chi connectivity index (χ4n) is 5.89. The average Bonchev–Trinajstić information content (AvgIpc) is 3.01. The highest BCUT2D eigenvalue weighted by Crippen LogP contribution is 2.32. The van der Waals surface area contributed by atoms with Gasteiger partial charge in [0.05, 0.1) is 0 Å². The van der Waals surface area contributed by atoms with Crippen molar-refractivity contribution in [2.24, 2.45) is 11.7 Å². The van der Waals surface area contributed by atoms with Crippen LogP contribution in [0.3, 0.4) is 0 Å². The van der Waals surface area contributed by atoms with Gasteiger partial charge in [-0.05, 0) is 51.2 Å². The highest BCUT2D eigenvalue weighted by atomic mass is 35.5. The van der Waals surface area contributed by atoms with Crippen LogP contribution in [-0.2, 0) is 9.53 Å². The van der Waals surface area contributed by atoms with Crippen molar-refractivity contribution in [3.63, 3.8) is 0 Å². The number of ether oxygens (including phenoxy) is 1. The van der Waals surface area contributed by atoms with Crippen molar-refractivity contribution >= 4 is 17.7 Å². The third kappa shape index (κ3) is 32.6. The minimum absolute atomic E-state index is 0.0203. The highest BCUT2D eigenvalue weighted by molar-refractivity contribution is 6.13. The van der Waals surface area contributed by atoms with E-state index in [1.54, 1.807) is 7.05 Å². The monoisotopic (exact) mass is 629 g/mol. The largest absolute Gasteiger partial charge is 0.430 e. The van der Waals surface area contributed by atoms with E-state index in [2.05, 4.69) is 30.5 Å². The van der Waals surface area contributed by atoms with Crippen LogP contribution in [0.4, 0.5) is 0 Å². The lowest BCUT2D eigenvalue weighted by atomic mass is 9.93. The van der Waals surface area contributed by atoms with E-state index >= 15 is 0 Å². The van der Waals surface area contributed by atoms with E-state index in [9.17, 15) is 4.79 Å². The van der Waals surface area contributed by atoms with Crippen molar-refractivity contribution in [1.82, 2.24) is 4.84 Å². The van der Waals surface area contributed by atoms with Gasteiger partial charge in [0.15, 0.2) is 0 Å². The molecule has 0 aromatic rings. The third-order valence-electron chi connectivity index (χ3n) is 8.60. The Labute approximate surface area is 275 Å². The lowest BCUT2D eigenvalue weighted by Gasteiger charge is -2.28. The molecule has 1 fully saturated rings. The summed E-state index contributed by atoms with van der Waals surface area (Å²) in [5.41, 5.74) is 4.50. The molecule has 1 atom stereocenters. The lowest BCUT2D eigenvalue weighted by Crippen LogP contribution is -2.32. The minimum Gasteiger partial charge on any atom is -0.430 e. The molecule has 0 spiro atoms. The van der Waals surface area contributed by atoms with Crippen LogP contribution in [-0.4, -0.2) is 20.1 Å². The summed E-state index contributed by atoms with van der Waals surface area (Å²) in [7, 11) is 3.14. The van der Waals surface area contributed by atoms with Crippen LogP contribution < -0.4 is 10.6 Å². The number of halogens is 1. The number of nitrogens with two attached hydrogens (primary N) is 1. The summed E-state index contributed by atoms with van der Waals surface area (Å²) >= 11 is 4.75. The Morgan fingerprint density at radius 2 is 0.860 bits per heavy atom. The number of unbranched alkanes of at least 4 members (excludes halogenated alkanes) is 27. The molecule has 0 aromatic carbocycles. The van der Waals surface area contributed by atoms with Gasteiger partial charge in [-0.1, -0.05) is 187 Å². The van der Waals surface area contributed by atoms with Gasteiger partial charge < -0.3 is 10.5 Å². The Hall–Kier alpha value is -0.580. The van der Waals surface area contributed by atoms with E-state index in [1.807, 2.05) is 0 Å². The summed E-state index contributed by atoms with van der Waals surface area (Å²) in [5.74, 6) is 1.09. The Morgan fingerprint density at radius 1 is 0.581 bits per heavy atom. The predicted molar refractivity (Wildman–Crippen MR) is 193 cm³/mol. The van der Waals surface area contributed by atoms with Gasteiger partial charge in [0, 0.05) is 0 Å². The number of carbonyl (C=O) groups excluding carboxylic acids is 1. The summed E-state index contributed by atoms with van der Waals surface area (Å²) in [6, 6.07) is 0. The maximum atomic E-state index is 11.9. The molecule has 1 rings (SSSR count). The second kappa shape index (κ2) is 39.4. The Kier molecular flexibility index (Phi) is 40.9. The Morgan fingerprint density at radius 3 is 1.16 bits per heavy atom. The Bertz CT molecular complexity index is 570. The number of hydrogen-bond acceptors (Lipinski definition) is 4. The molecule has 4 nitrogen and oxygen atoms in total. The highest BCUT2D eigenvalue weighted by Gasteiger charge is 2.36. The SMILES string of the molecule is CCCCCCCCCCCCCCCC/C=C1\OC(=O)C1CCCCCCCCCCCCCCCC.CN.CNCl. The van der Waals surface area contributed by atoms with E-state index in [1.165, 1.54) is 187 Å². The standard InChI is InChI=1S/C36H68O2.CH4ClN.CH5N/c1-3-5-7-9-11-13-15-17-19-21-23-25-27-29-31-33-35-34(36(37)38-35)32-30-28-26-24-22-20-18-16-14-12-10-8-6-4-2;1-3-2;1-2/h33-34H,3-32H2,1-2H3;3H,1H3;2H2,1H3/b35-33-;;. The second-order valence-electron chi connectivity index (χ2n) is 12.5. The number of esters is 1. The summed E-state index contributed by atoms with van der Waals surface area (Å²) in [4.78, 5) is 14.1. The number of allylic oxidation sites excluding steroid dienone is 1. The summed E-state index contributed by atoms with van der Waals surface area (Å²) in [6.45, 7) is 4.58. The summed E-state index contributed by atoms with van der Waals surface area (Å²) < 4.78 is 5.36. The molecular weight excluding hydrogens is 552 g/mol. The maximum absolute atomic E-state index is 11.9. The molecule has 0 radical (unpaired) electrons. The van der Waals surface area contributed by atoms with Gasteiger partial charge in [-0.2, -0.15) is 0 Å². The van der Waals surface area contributed by atoms with Gasteiger partial charge in [-0.25, -0.2) is 4.84 Å². The molecular formula is C38H77ClN2O2. The molecule has 3 N–H and O–H groups in total. The van der Waals surface area contributed by atoms with Crippen molar-refractivity contribution in [2.75, 3.05) is 14.1 Å². The van der Waals surface area contributed by atoms with Gasteiger partial charge in [0.25, 0.3) is 0 Å². The van der Waals surface area contributed by atoms with Gasteiger partial charge in [-0.15, -0.1) is 0 Å². The molecule has 43 heavy (non-hydrogen) atoms. The lowest BCUT2D eigenvalue weighted by molar-refractivity contribution is -0.157. The second-order valence-corrected chi connectivity index (χ2v) is 12.9. The van der Waals surface area contributed by atoms with Crippen LogP contribution in [0.2, 0.25) is 0 Å². The van der Waals surface area contributed by atoms with Gasteiger partial charge >= 0.3 is 5.97 Å². The van der Waals surface area contributed by atoms with E-state index in [-0.39, 0.29) is 11.9 Å². The van der Waals surface area contributed by atoms with Gasteiger partial charge in [0.1, 0.15) is 11.7 Å². The first-order valence-corrected chi connectivity index (χ1v) is 19.4.